The molecule has 0 aromatic heterocycles. The highest BCUT2D eigenvalue weighted by atomic mass is 19.1. The van der Waals surface area contributed by atoms with E-state index in [9.17, 15) is 14.6 Å². The lowest BCUT2D eigenvalue weighted by Gasteiger charge is -2.28. The molecule has 108 valence electrons. The van der Waals surface area contributed by atoms with Crippen molar-refractivity contribution in [1.29, 1.82) is 0 Å². The SMILES string of the molecule is CCCCN(CCO)c1cc(C)c(F)cc1[C@H](C)O. The van der Waals surface area contributed by atoms with Crippen LogP contribution in [0.3, 0.4) is 0 Å². The summed E-state index contributed by atoms with van der Waals surface area (Å²) in [6.07, 6.45) is 1.31. The highest BCUT2D eigenvalue weighted by Crippen LogP contribution is 2.29. The number of benzene rings is 1. The number of halogens is 1. The van der Waals surface area contributed by atoms with Gasteiger partial charge in [-0.1, -0.05) is 13.3 Å². The molecule has 0 heterocycles. The highest BCUT2D eigenvalue weighted by molar-refractivity contribution is 5.56. The van der Waals surface area contributed by atoms with Crippen molar-refractivity contribution in [1.82, 2.24) is 0 Å². The molecule has 0 radical (unpaired) electrons. The first kappa shape index (κ1) is 15.9. The van der Waals surface area contributed by atoms with E-state index in [0.717, 1.165) is 25.1 Å². The Bertz CT molecular complexity index is 407. The number of nitrogens with zero attached hydrogens (tertiary/aromatic N) is 1. The Morgan fingerprint density at radius 1 is 1.32 bits per heavy atom. The first-order valence-corrected chi connectivity index (χ1v) is 6.85. The summed E-state index contributed by atoms with van der Waals surface area (Å²) >= 11 is 0. The van der Waals surface area contributed by atoms with E-state index in [1.165, 1.54) is 6.07 Å². The lowest BCUT2D eigenvalue weighted by molar-refractivity contribution is 0.199. The first-order chi connectivity index (χ1) is 9.01. The van der Waals surface area contributed by atoms with Gasteiger partial charge in [0.2, 0.25) is 0 Å². The third-order valence-corrected chi connectivity index (χ3v) is 3.25. The molecule has 0 aliphatic rings. The second kappa shape index (κ2) is 7.46. The van der Waals surface area contributed by atoms with Gasteiger partial charge < -0.3 is 15.1 Å². The predicted molar refractivity (Wildman–Crippen MR) is 76.0 cm³/mol. The van der Waals surface area contributed by atoms with Crippen LogP contribution in [0.15, 0.2) is 12.1 Å². The van der Waals surface area contributed by atoms with Crippen LogP contribution in [0.2, 0.25) is 0 Å². The topological polar surface area (TPSA) is 43.7 Å². The Balaban J connectivity index is 3.15. The number of rotatable bonds is 7. The zero-order chi connectivity index (χ0) is 14.4. The molecule has 2 N–H and O–H groups in total. The van der Waals surface area contributed by atoms with Gasteiger partial charge in [0.25, 0.3) is 0 Å². The molecule has 0 fully saturated rings. The van der Waals surface area contributed by atoms with Crippen molar-refractivity contribution < 1.29 is 14.6 Å². The smallest absolute Gasteiger partial charge is 0.126 e. The summed E-state index contributed by atoms with van der Waals surface area (Å²) < 4.78 is 13.6. The minimum Gasteiger partial charge on any atom is -0.395 e. The number of anilines is 1. The molecule has 4 heteroatoms. The van der Waals surface area contributed by atoms with Crippen LogP contribution >= 0.6 is 0 Å². The minimum atomic E-state index is -0.729. The molecule has 0 amide bonds. The van der Waals surface area contributed by atoms with E-state index in [1.54, 1.807) is 19.9 Å². The van der Waals surface area contributed by atoms with Crippen LogP contribution in [0.4, 0.5) is 10.1 Å². The Hall–Kier alpha value is -1.13. The highest BCUT2D eigenvalue weighted by Gasteiger charge is 2.16. The summed E-state index contributed by atoms with van der Waals surface area (Å²) in [6.45, 7) is 6.76. The van der Waals surface area contributed by atoms with Gasteiger partial charge in [-0.25, -0.2) is 4.39 Å². The zero-order valence-electron chi connectivity index (χ0n) is 12.0. The Kier molecular flexibility index (Phi) is 6.25. The quantitative estimate of drug-likeness (QED) is 0.800. The van der Waals surface area contributed by atoms with Gasteiger partial charge in [0, 0.05) is 24.3 Å². The second-order valence-electron chi connectivity index (χ2n) is 4.90. The maximum atomic E-state index is 13.6. The van der Waals surface area contributed by atoms with Gasteiger partial charge in [-0.2, -0.15) is 0 Å². The van der Waals surface area contributed by atoms with E-state index in [4.69, 9.17) is 0 Å². The van der Waals surface area contributed by atoms with Gasteiger partial charge in [0.05, 0.1) is 12.7 Å². The summed E-state index contributed by atoms with van der Waals surface area (Å²) in [5.74, 6) is -0.306. The predicted octanol–water partition coefficient (Wildman–Crippen LogP) is 2.79. The Morgan fingerprint density at radius 3 is 2.53 bits per heavy atom. The molecular weight excluding hydrogens is 245 g/mol. The van der Waals surface area contributed by atoms with E-state index in [2.05, 4.69) is 6.92 Å². The van der Waals surface area contributed by atoms with E-state index in [0.29, 0.717) is 17.7 Å². The summed E-state index contributed by atoms with van der Waals surface area (Å²) in [5, 5.41) is 19.0. The number of aliphatic hydroxyl groups excluding tert-OH is 2. The van der Waals surface area contributed by atoms with Crippen LogP contribution < -0.4 is 4.90 Å². The average molecular weight is 269 g/mol. The molecule has 0 bridgehead atoms. The fourth-order valence-electron chi connectivity index (χ4n) is 2.11. The van der Waals surface area contributed by atoms with Crippen LogP contribution in [0.5, 0.6) is 0 Å². The fraction of sp³-hybridized carbons (Fsp3) is 0.600. The Labute approximate surface area is 114 Å². The normalized spacial score (nSPS) is 12.5. The van der Waals surface area contributed by atoms with Crippen LogP contribution in [-0.4, -0.2) is 29.9 Å². The third kappa shape index (κ3) is 4.18. The lowest BCUT2D eigenvalue weighted by Crippen LogP contribution is -2.29. The van der Waals surface area contributed by atoms with Crippen molar-refractivity contribution in [2.75, 3.05) is 24.6 Å². The molecule has 0 unspecified atom stereocenters. The second-order valence-corrected chi connectivity index (χ2v) is 4.90. The average Bonchev–Trinajstić information content (AvgIpc) is 2.37. The van der Waals surface area contributed by atoms with Crippen LogP contribution in [0.1, 0.15) is 43.9 Å². The minimum absolute atomic E-state index is 0.0411. The molecule has 1 aromatic carbocycles. The summed E-state index contributed by atoms with van der Waals surface area (Å²) in [6, 6.07) is 3.15. The van der Waals surface area contributed by atoms with Crippen molar-refractivity contribution in [3.05, 3.63) is 29.1 Å². The molecule has 0 saturated heterocycles. The Morgan fingerprint density at radius 2 is 2.00 bits per heavy atom. The molecule has 0 aliphatic carbocycles. The molecule has 1 aromatic rings. The number of hydrogen-bond donors (Lipinski definition) is 2. The molecule has 0 saturated carbocycles. The molecule has 19 heavy (non-hydrogen) atoms. The number of aliphatic hydroxyl groups is 2. The molecular formula is C15H24FNO2. The van der Waals surface area contributed by atoms with Crippen molar-refractivity contribution in [2.45, 2.75) is 39.7 Å². The first-order valence-electron chi connectivity index (χ1n) is 6.85. The molecule has 0 aliphatic heterocycles. The monoisotopic (exact) mass is 269 g/mol. The van der Waals surface area contributed by atoms with Crippen LogP contribution in [-0.2, 0) is 0 Å². The van der Waals surface area contributed by atoms with Gasteiger partial charge in [0.15, 0.2) is 0 Å². The van der Waals surface area contributed by atoms with Crippen molar-refractivity contribution in [3.8, 4) is 0 Å². The van der Waals surface area contributed by atoms with Crippen molar-refractivity contribution in [2.24, 2.45) is 0 Å². The maximum Gasteiger partial charge on any atom is 0.126 e. The van der Waals surface area contributed by atoms with Crippen molar-refractivity contribution in [3.63, 3.8) is 0 Å². The van der Waals surface area contributed by atoms with E-state index in [-0.39, 0.29) is 12.4 Å². The van der Waals surface area contributed by atoms with Gasteiger partial charge in [-0.15, -0.1) is 0 Å². The van der Waals surface area contributed by atoms with E-state index < -0.39 is 6.10 Å². The maximum absolute atomic E-state index is 13.6. The third-order valence-electron chi connectivity index (χ3n) is 3.25. The number of aryl methyl sites for hydroxylation is 1. The van der Waals surface area contributed by atoms with Crippen LogP contribution in [0, 0.1) is 12.7 Å². The largest absolute Gasteiger partial charge is 0.395 e. The van der Waals surface area contributed by atoms with Gasteiger partial charge in [0.1, 0.15) is 5.82 Å². The summed E-state index contributed by atoms with van der Waals surface area (Å²) in [4.78, 5) is 2.01. The summed E-state index contributed by atoms with van der Waals surface area (Å²) in [7, 11) is 0. The van der Waals surface area contributed by atoms with E-state index >= 15 is 0 Å². The van der Waals surface area contributed by atoms with Gasteiger partial charge >= 0.3 is 0 Å². The van der Waals surface area contributed by atoms with Gasteiger partial charge in [-0.3, -0.25) is 0 Å². The number of unbranched alkanes of at least 4 members (excludes halogenated alkanes) is 1. The van der Waals surface area contributed by atoms with Crippen molar-refractivity contribution >= 4 is 5.69 Å². The van der Waals surface area contributed by atoms with Crippen LogP contribution in [0.25, 0.3) is 0 Å². The zero-order valence-corrected chi connectivity index (χ0v) is 12.0. The molecule has 3 nitrogen and oxygen atoms in total. The molecule has 1 atom stereocenters. The van der Waals surface area contributed by atoms with Gasteiger partial charge in [-0.05, 0) is 38.0 Å². The number of hydrogen-bond acceptors (Lipinski definition) is 3. The molecule has 0 spiro atoms. The summed E-state index contributed by atoms with van der Waals surface area (Å²) in [5.41, 5.74) is 1.95. The fourth-order valence-corrected chi connectivity index (χ4v) is 2.11. The van der Waals surface area contributed by atoms with E-state index in [1.807, 2.05) is 4.90 Å². The lowest BCUT2D eigenvalue weighted by atomic mass is 10.0. The standard InChI is InChI=1S/C15H24FNO2/c1-4-5-6-17(7-8-18)15-9-11(2)14(16)10-13(15)12(3)19/h9-10,12,18-19H,4-8H2,1-3H3/t12-/m0/s1. The molecule has 1 rings (SSSR count).